The van der Waals surface area contributed by atoms with E-state index >= 15 is 0 Å². The third-order valence-electron chi connectivity index (χ3n) is 4.09. The molecular formula is C20H11F3OS. The zero-order valence-electron chi connectivity index (χ0n) is 12.8. The Hall–Kier alpha value is -2.66. The highest BCUT2D eigenvalue weighted by atomic mass is 32.1. The Labute approximate surface area is 145 Å². The predicted molar refractivity (Wildman–Crippen MR) is 94.2 cm³/mol. The van der Waals surface area contributed by atoms with Crippen LogP contribution in [0.15, 0.2) is 66.7 Å². The second kappa shape index (κ2) is 5.70. The Morgan fingerprint density at radius 2 is 1.48 bits per heavy atom. The van der Waals surface area contributed by atoms with Gasteiger partial charge >= 0.3 is 6.18 Å². The van der Waals surface area contributed by atoms with E-state index in [9.17, 15) is 18.0 Å². The Morgan fingerprint density at radius 1 is 0.760 bits per heavy atom. The van der Waals surface area contributed by atoms with Crippen LogP contribution < -0.4 is 0 Å². The van der Waals surface area contributed by atoms with Crippen LogP contribution in [0.5, 0.6) is 0 Å². The van der Waals surface area contributed by atoms with Gasteiger partial charge in [-0.2, -0.15) is 13.2 Å². The molecule has 4 aromatic rings. The minimum absolute atomic E-state index is 0.0358. The first kappa shape index (κ1) is 15.8. The van der Waals surface area contributed by atoms with E-state index < -0.39 is 17.5 Å². The number of ketones is 1. The average Bonchev–Trinajstić information content (AvgIpc) is 2.98. The lowest BCUT2D eigenvalue weighted by Gasteiger charge is -2.08. The molecule has 0 saturated carbocycles. The van der Waals surface area contributed by atoms with Gasteiger partial charge in [-0.15, -0.1) is 11.3 Å². The van der Waals surface area contributed by atoms with Crippen molar-refractivity contribution in [1.29, 1.82) is 0 Å². The summed E-state index contributed by atoms with van der Waals surface area (Å²) < 4.78 is 40.8. The molecule has 0 spiro atoms. The molecule has 4 rings (SSSR count). The zero-order chi connectivity index (χ0) is 17.6. The van der Waals surface area contributed by atoms with Crippen molar-refractivity contribution in [3.8, 4) is 0 Å². The van der Waals surface area contributed by atoms with Crippen molar-refractivity contribution >= 4 is 37.3 Å². The van der Waals surface area contributed by atoms with Gasteiger partial charge in [-0.3, -0.25) is 4.79 Å². The number of rotatable bonds is 2. The maximum absolute atomic E-state index is 12.9. The Morgan fingerprint density at radius 3 is 2.28 bits per heavy atom. The maximum Gasteiger partial charge on any atom is 0.416 e. The van der Waals surface area contributed by atoms with E-state index in [2.05, 4.69) is 0 Å². The molecule has 0 amide bonds. The Kier molecular flexibility index (Phi) is 3.62. The number of hydrogen-bond donors (Lipinski definition) is 0. The van der Waals surface area contributed by atoms with E-state index in [4.69, 9.17) is 0 Å². The monoisotopic (exact) mass is 356 g/mol. The summed E-state index contributed by atoms with van der Waals surface area (Å²) in [6.07, 6.45) is -4.47. The Balaban J connectivity index is 1.81. The van der Waals surface area contributed by atoms with Crippen LogP contribution in [0.25, 0.3) is 20.2 Å². The third kappa shape index (κ3) is 2.81. The number of carbonyl (C=O) groups excluding carboxylic acids is 1. The summed E-state index contributed by atoms with van der Waals surface area (Å²) in [4.78, 5) is 12.7. The first-order valence-corrected chi connectivity index (χ1v) is 8.38. The van der Waals surface area contributed by atoms with E-state index in [0.29, 0.717) is 5.56 Å². The topological polar surface area (TPSA) is 17.1 Å². The molecule has 0 aliphatic carbocycles. The fraction of sp³-hybridized carbons (Fsp3) is 0.0500. The molecule has 0 N–H and O–H groups in total. The molecule has 1 nitrogen and oxygen atoms in total. The van der Waals surface area contributed by atoms with Crippen molar-refractivity contribution in [2.75, 3.05) is 0 Å². The largest absolute Gasteiger partial charge is 0.416 e. The van der Waals surface area contributed by atoms with Crippen molar-refractivity contribution in [2.45, 2.75) is 6.18 Å². The lowest BCUT2D eigenvalue weighted by atomic mass is 9.99. The second-order valence-electron chi connectivity index (χ2n) is 5.72. The number of thiophene rings is 1. The van der Waals surface area contributed by atoms with E-state index in [0.717, 1.165) is 32.3 Å². The van der Waals surface area contributed by atoms with Gasteiger partial charge in [0.25, 0.3) is 0 Å². The van der Waals surface area contributed by atoms with Gasteiger partial charge in [0.2, 0.25) is 0 Å². The fourth-order valence-electron chi connectivity index (χ4n) is 2.87. The van der Waals surface area contributed by atoms with E-state index in [1.165, 1.54) is 12.1 Å². The second-order valence-corrected chi connectivity index (χ2v) is 6.80. The minimum Gasteiger partial charge on any atom is -0.289 e. The molecular weight excluding hydrogens is 345 g/mol. The van der Waals surface area contributed by atoms with Gasteiger partial charge in [-0.1, -0.05) is 30.3 Å². The molecule has 25 heavy (non-hydrogen) atoms. The van der Waals surface area contributed by atoms with Gasteiger partial charge in [0.15, 0.2) is 5.78 Å². The summed E-state index contributed by atoms with van der Waals surface area (Å²) in [6, 6.07) is 17.7. The van der Waals surface area contributed by atoms with Crippen LogP contribution in [-0.4, -0.2) is 5.78 Å². The van der Waals surface area contributed by atoms with Gasteiger partial charge in [0.05, 0.1) is 5.56 Å². The van der Waals surface area contributed by atoms with E-state index in [1.54, 1.807) is 23.5 Å². The number of fused-ring (bicyclic) bond motifs is 3. The van der Waals surface area contributed by atoms with Gasteiger partial charge in [0, 0.05) is 31.3 Å². The van der Waals surface area contributed by atoms with Gasteiger partial charge in [0.1, 0.15) is 0 Å². The molecule has 1 aromatic heterocycles. The smallest absolute Gasteiger partial charge is 0.289 e. The highest BCUT2D eigenvalue weighted by Crippen LogP contribution is 2.35. The molecule has 0 aliphatic rings. The van der Waals surface area contributed by atoms with Crippen LogP contribution >= 0.6 is 11.3 Å². The predicted octanol–water partition coefficient (Wildman–Crippen LogP) is 6.30. The molecule has 0 saturated heterocycles. The number of benzene rings is 3. The molecule has 0 fully saturated rings. The van der Waals surface area contributed by atoms with Gasteiger partial charge < -0.3 is 0 Å². The number of carbonyl (C=O) groups is 1. The highest BCUT2D eigenvalue weighted by Gasteiger charge is 2.31. The number of hydrogen-bond acceptors (Lipinski definition) is 2. The molecule has 1 heterocycles. The summed E-state index contributed by atoms with van der Waals surface area (Å²) in [5, 5.41) is 1.99. The van der Waals surface area contributed by atoms with Gasteiger partial charge in [-0.25, -0.2) is 0 Å². The first-order chi connectivity index (χ1) is 11.9. The molecule has 0 radical (unpaired) electrons. The molecule has 5 heteroatoms. The number of halogens is 3. The summed E-state index contributed by atoms with van der Waals surface area (Å²) in [5.41, 5.74) is -0.399. The standard InChI is InChI=1S/C20H11F3OS/c21-20(22,23)14-5-3-4-12(10-14)19(24)13-8-9-18-16(11-13)15-6-1-2-7-17(15)25-18/h1-11H. The third-order valence-corrected chi connectivity index (χ3v) is 5.24. The number of alkyl halides is 3. The fourth-order valence-corrected chi connectivity index (χ4v) is 3.96. The summed E-state index contributed by atoms with van der Waals surface area (Å²) in [6.45, 7) is 0. The first-order valence-electron chi connectivity index (χ1n) is 7.57. The zero-order valence-corrected chi connectivity index (χ0v) is 13.6. The average molecular weight is 356 g/mol. The molecule has 0 unspecified atom stereocenters. The van der Waals surface area contributed by atoms with Crippen LogP contribution in [0.3, 0.4) is 0 Å². The minimum atomic E-state index is -4.47. The summed E-state index contributed by atoms with van der Waals surface area (Å²) in [7, 11) is 0. The maximum atomic E-state index is 12.9. The van der Waals surface area contributed by atoms with E-state index in [1.807, 2.05) is 30.3 Å². The van der Waals surface area contributed by atoms with Crippen LogP contribution in [0.2, 0.25) is 0 Å². The highest BCUT2D eigenvalue weighted by molar-refractivity contribution is 7.25. The van der Waals surface area contributed by atoms with Crippen LogP contribution in [0, 0.1) is 0 Å². The van der Waals surface area contributed by atoms with E-state index in [-0.39, 0.29) is 5.56 Å². The molecule has 3 aromatic carbocycles. The summed E-state index contributed by atoms with van der Waals surface area (Å²) in [5.74, 6) is -0.414. The lowest BCUT2D eigenvalue weighted by Crippen LogP contribution is -2.08. The molecule has 0 aliphatic heterocycles. The molecule has 0 bridgehead atoms. The van der Waals surface area contributed by atoms with Crippen molar-refractivity contribution in [1.82, 2.24) is 0 Å². The van der Waals surface area contributed by atoms with Crippen molar-refractivity contribution in [2.24, 2.45) is 0 Å². The quantitative estimate of drug-likeness (QED) is 0.385. The Bertz CT molecular complexity index is 1110. The van der Waals surface area contributed by atoms with Crippen molar-refractivity contribution in [3.05, 3.63) is 83.4 Å². The van der Waals surface area contributed by atoms with Crippen LogP contribution in [0.4, 0.5) is 13.2 Å². The molecule has 0 atom stereocenters. The van der Waals surface area contributed by atoms with Crippen LogP contribution in [-0.2, 0) is 6.18 Å². The van der Waals surface area contributed by atoms with Crippen LogP contribution in [0.1, 0.15) is 21.5 Å². The van der Waals surface area contributed by atoms with Crippen molar-refractivity contribution in [3.63, 3.8) is 0 Å². The lowest BCUT2D eigenvalue weighted by molar-refractivity contribution is -0.137. The normalized spacial score (nSPS) is 12.0. The SMILES string of the molecule is O=C(c1cccc(C(F)(F)F)c1)c1ccc2sc3ccccc3c2c1. The molecule has 124 valence electrons. The van der Waals surface area contributed by atoms with Crippen molar-refractivity contribution < 1.29 is 18.0 Å². The van der Waals surface area contributed by atoms with Gasteiger partial charge in [-0.05, 0) is 36.4 Å². The summed E-state index contributed by atoms with van der Waals surface area (Å²) >= 11 is 1.62.